The third-order valence-electron chi connectivity index (χ3n) is 1.90. The van der Waals surface area contributed by atoms with Gasteiger partial charge in [0.1, 0.15) is 12.4 Å². The lowest BCUT2D eigenvalue weighted by molar-refractivity contribution is 0.119. The highest BCUT2D eigenvalue weighted by Crippen LogP contribution is 2.11. The van der Waals surface area contributed by atoms with Crippen molar-refractivity contribution in [3.8, 4) is 5.75 Å². The third kappa shape index (κ3) is 4.18. The first-order valence-corrected chi connectivity index (χ1v) is 4.90. The molecule has 16 heavy (non-hydrogen) atoms. The van der Waals surface area contributed by atoms with Crippen molar-refractivity contribution in [3.63, 3.8) is 0 Å². The van der Waals surface area contributed by atoms with E-state index in [-0.39, 0.29) is 13.2 Å². The van der Waals surface area contributed by atoms with Gasteiger partial charge in [0.25, 0.3) is 0 Å². The molecular formula is C11H15NO4. The molecule has 5 nitrogen and oxygen atoms in total. The standard InChI is InChI=1S/C11H15NO4/c1-15-10-4-2-3-9(7-10)8-12-11(14)16-6-5-13/h2-4,7,13H,5-6,8H2,1H3,(H,12,14). The summed E-state index contributed by atoms with van der Waals surface area (Å²) in [5.74, 6) is 0.739. The Morgan fingerprint density at radius 3 is 3.00 bits per heavy atom. The second-order valence-corrected chi connectivity index (χ2v) is 3.06. The van der Waals surface area contributed by atoms with Crippen molar-refractivity contribution < 1.29 is 19.4 Å². The Labute approximate surface area is 94.0 Å². The SMILES string of the molecule is COc1cccc(CNC(=O)OCCO)c1. The summed E-state index contributed by atoms with van der Waals surface area (Å²) < 4.78 is 9.69. The molecule has 0 bridgehead atoms. The molecule has 1 rings (SSSR count). The van der Waals surface area contributed by atoms with Gasteiger partial charge in [0, 0.05) is 6.54 Å². The van der Waals surface area contributed by atoms with E-state index in [4.69, 9.17) is 9.84 Å². The summed E-state index contributed by atoms with van der Waals surface area (Å²) in [5, 5.41) is 11.0. The van der Waals surface area contributed by atoms with Crippen LogP contribution < -0.4 is 10.1 Å². The molecule has 0 saturated heterocycles. The number of amides is 1. The molecule has 88 valence electrons. The van der Waals surface area contributed by atoms with Crippen LogP contribution in [0.4, 0.5) is 4.79 Å². The molecule has 0 saturated carbocycles. The maximum atomic E-state index is 11.1. The minimum absolute atomic E-state index is 0.00391. The lowest BCUT2D eigenvalue weighted by atomic mass is 10.2. The number of nitrogens with one attached hydrogen (secondary N) is 1. The van der Waals surface area contributed by atoms with E-state index in [2.05, 4.69) is 10.1 Å². The van der Waals surface area contributed by atoms with Crippen LogP contribution >= 0.6 is 0 Å². The highest BCUT2D eigenvalue weighted by Gasteiger charge is 2.01. The first kappa shape index (κ1) is 12.3. The van der Waals surface area contributed by atoms with Gasteiger partial charge in [-0.3, -0.25) is 0 Å². The molecule has 1 aromatic rings. The van der Waals surface area contributed by atoms with Crippen LogP contribution in [-0.2, 0) is 11.3 Å². The molecule has 0 atom stereocenters. The summed E-state index contributed by atoms with van der Waals surface area (Å²) in [6.07, 6.45) is -0.545. The third-order valence-corrected chi connectivity index (χ3v) is 1.90. The maximum Gasteiger partial charge on any atom is 0.407 e. The normalized spacial score (nSPS) is 9.62. The Morgan fingerprint density at radius 2 is 2.31 bits per heavy atom. The van der Waals surface area contributed by atoms with E-state index < -0.39 is 6.09 Å². The number of aliphatic hydroxyl groups excluding tert-OH is 1. The molecule has 0 radical (unpaired) electrons. The van der Waals surface area contributed by atoms with Gasteiger partial charge in [-0.2, -0.15) is 0 Å². The number of hydrogen-bond donors (Lipinski definition) is 2. The van der Waals surface area contributed by atoms with E-state index in [1.54, 1.807) is 7.11 Å². The van der Waals surface area contributed by atoms with Gasteiger partial charge in [0.15, 0.2) is 0 Å². The number of carbonyl (C=O) groups is 1. The zero-order valence-corrected chi connectivity index (χ0v) is 9.10. The van der Waals surface area contributed by atoms with Crippen LogP contribution in [0.25, 0.3) is 0 Å². The minimum Gasteiger partial charge on any atom is -0.497 e. The Bertz CT molecular complexity index is 341. The molecule has 0 aromatic heterocycles. The quantitative estimate of drug-likeness (QED) is 0.781. The second-order valence-electron chi connectivity index (χ2n) is 3.06. The number of ether oxygens (including phenoxy) is 2. The monoisotopic (exact) mass is 225 g/mol. The Balaban J connectivity index is 2.38. The van der Waals surface area contributed by atoms with Gasteiger partial charge in [0.05, 0.1) is 13.7 Å². The molecule has 2 N–H and O–H groups in total. The summed E-state index contributed by atoms with van der Waals surface area (Å²) in [5.41, 5.74) is 0.917. The molecule has 0 aliphatic carbocycles. The van der Waals surface area contributed by atoms with Gasteiger partial charge < -0.3 is 19.9 Å². The first-order valence-electron chi connectivity index (χ1n) is 4.90. The van der Waals surface area contributed by atoms with Gasteiger partial charge in [-0.1, -0.05) is 12.1 Å². The van der Waals surface area contributed by atoms with Gasteiger partial charge in [-0.25, -0.2) is 4.79 Å². The van der Waals surface area contributed by atoms with Crippen molar-refractivity contribution in [3.05, 3.63) is 29.8 Å². The molecule has 0 aliphatic heterocycles. The predicted octanol–water partition coefficient (Wildman–Crippen LogP) is 0.914. The van der Waals surface area contributed by atoms with Crippen LogP contribution in [0.3, 0.4) is 0 Å². The van der Waals surface area contributed by atoms with Crippen LogP contribution in [-0.4, -0.2) is 31.5 Å². The fourth-order valence-electron chi connectivity index (χ4n) is 1.15. The van der Waals surface area contributed by atoms with E-state index in [1.165, 1.54) is 0 Å². The lowest BCUT2D eigenvalue weighted by Gasteiger charge is -2.07. The topological polar surface area (TPSA) is 67.8 Å². The van der Waals surface area contributed by atoms with Crippen molar-refractivity contribution in [2.45, 2.75) is 6.54 Å². The summed E-state index contributed by atoms with van der Waals surface area (Å²) in [4.78, 5) is 11.1. The van der Waals surface area contributed by atoms with Crippen LogP contribution in [0, 0.1) is 0 Å². The predicted molar refractivity (Wildman–Crippen MR) is 58.3 cm³/mol. The first-order chi connectivity index (χ1) is 7.76. The maximum absolute atomic E-state index is 11.1. The van der Waals surface area contributed by atoms with Crippen molar-refractivity contribution in [2.75, 3.05) is 20.3 Å². The van der Waals surface area contributed by atoms with Crippen molar-refractivity contribution in [2.24, 2.45) is 0 Å². The van der Waals surface area contributed by atoms with Crippen molar-refractivity contribution in [1.29, 1.82) is 0 Å². The minimum atomic E-state index is -0.545. The fourth-order valence-corrected chi connectivity index (χ4v) is 1.15. The van der Waals surface area contributed by atoms with Crippen LogP contribution in [0.15, 0.2) is 24.3 Å². The van der Waals surface area contributed by atoms with Crippen LogP contribution in [0.1, 0.15) is 5.56 Å². The smallest absolute Gasteiger partial charge is 0.407 e. The second kappa shape index (κ2) is 6.68. The van der Waals surface area contributed by atoms with E-state index >= 15 is 0 Å². The van der Waals surface area contributed by atoms with Crippen LogP contribution in [0.5, 0.6) is 5.75 Å². The van der Waals surface area contributed by atoms with E-state index in [0.717, 1.165) is 11.3 Å². The Hall–Kier alpha value is -1.75. The average Bonchev–Trinajstić information content (AvgIpc) is 2.34. The van der Waals surface area contributed by atoms with Gasteiger partial charge in [0.2, 0.25) is 0 Å². The summed E-state index contributed by atoms with van der Waals surface area (Å²) in [7, 11) is 1.59. The van der Waals surface area contributed by atoms with E-state index in [0.29, 0.717) is 6.54 Å². The molecule has 0 unspecified atom stereocenters. The lowest BCUT2D eigenvalue weighted by Crippen LogP contribution is -2.24. The molecule has 0 fully saturated rings. The Morgan fingerprint density at radius 1 is 1.50 bits per heavy atom. The number of aliphatic hydroxyl groups is 1. The number of alkyl carbamates (subject to hydrolysis) is 1. The Kier molecular flexibility index (Phi) is 5.15. The molecular weight excluding hydrogens is 210 g/mol. The summed E-state index contributed by atoms with van der Waals surface area (Å²) in [6, 6.07) is 7.36. The zero-order chi connectivity index (χ0) is 11.8. The van der Waals surface area contributed by atoms with Gasteiger partial charge in [-0.15, -0.1) is 0 Å². The molecule has 5 heteroatoms. The summed E-state index contributed by atoms with van der Waals surface area (Å²) >= 11 is 0. The number of methoxy groups -OCH3 is 1. The molecule has 1 amide bonds. The van der Waals surface area contributed by atoms with Gasteiger partial charge in [-0.05, 0) is 17.7 Å². The fraction of sp³-hybridized carbons (Fsp3) is 0.364. The van der Waals surface area contributed by atoms with Crippen LogP contribution in [0.2, 0.25) is 0 Å². The number of carbonyl (C=O) groups excluding carboxylic acids is 1. The van der Waals surface area contributed by atoms with Crippen molar-refractivity contribution >= 4 is 6.09 Å². The zero-order valence-electron chi connectivity index (χ0n) is 9.10. The summed E-state index contributed by atoms with van der Waals surface area (Å²) in [6.45, 7) is 0.192. The number of rotatable bonds is 5. The van der Waals surface area contributed by atoms with E-state index in [1.807, 2.05) is 24.3 Å². The molecule has 1 aromatic carbocycles. The highest BCUT2D eigenvalue weighted by atomic mass is 16.6. The average molecular weight is 225 g/mol. The molecule has 0 heterocycles. The number of hydrogen-bond acceptors (Lipinski definition) is 4. The number of benzene rings is 1. The molecule has 0 spiro atoms. The largest absolute Gasteiger partial charge is 0.497 e. The molecule has 0 aliphatic rings. The van der Waals surface area contributed by atoms with Crippen molar-refractivity contribution in [1.82, 2.24) is 5.32 Å². The highest BCUT2D eigenvalue weighted by molar-refractivity contribution is 5.67. The van der Waals surface area contributed by atoms with E-state index in [9.17, 15) is 4.79 Å². The van der Waals surface area contributed by atoms with Gasteiger partial charge >= 0.3 is 6.09 Å².